The van der Waals surface area contributed by atoms with Crippen molar-refractivity contribution in [2.24, 2.45) is 0 Å². The summed E-state index contributed by atoms with van der Waals surface area (Å²) in [6.45, 7) is 9.64. The Morgan fingerprint density at radius 2 is 1.67 bits per heavy atom. The van der Waals surface area contributed by atoms with Crippen LogP contribution in [0.5, 0.6) is 0 Å². The molecule has 0 radical (unpaired) electrons. The Hall–Kier alpha value is -2.02. The Balaban J connectivity index is 2.92. The summed E-state index contributed by atoms with van der Waals surface area (Å²) in [5, 5.41) is 9.38. The minimum absolute atomic E-state index is 0.433. The number of hydrogen-bond acceptors (Lipinski definition) is 3. The predicted octanol–water partition coefficient (Wildman–Crippen LogP) is 4.24. The van der Waals surface area contributed by atoms with Crippen molar-refractivity contribution >= 4 is 6.09 Å². The maximum Gasteiger partial charge on any atom is 0.411 e. The molecular formula is C17H24N2O2. The minimum atomic E-state index is -0.652. The van der Waals surface area contributed by atoms with Crippen LogP contribution in [0.25, 0.3) is 0 Å². The Labute approximate surface area is 127 Å². The topological polar surface area (TPSA) is 53.3 Å². The van der Waals surface area contributed by atoms with Gasteiger partial charge >= 0.3 is 6.09 Å². The number of nitriles is 1. The van der Waals surface area contributed by atoms with Crippen LogP contribution < -0.4 is 0 Å². The van der Waals surface area contributed by atoms with Crippen LogP contribution in [0, 0.1) is 11.3 Å². The number of carbonyl (C=O) groups excluding carboxylic acids is 1. The first-order valence-electron chi connectivity index (χ1n) is 7.11. The number of amides is 1. The molecule has 0 heterocycles. The van der Waals surface area contributed by atoms with Crippen LogP contribution in [0.2, 0.25) is 0 Å². The number of ether oxygens (including phenoxy) is 1. The molecule has 0 saturated heterocycles. The summed E-state index contributed by atoms with van der Waals surface area (Å²) in [5.41, 5.74) is 1.41. The van der Waals surface area contributed by atoms with E-state index in [0.29, 0.717) is 5.92 Å². The van der Waals surface area contributed by atoms with Gasteiger partial charge in [-0.1, -0.05) is 38.1 Å². The third kappa shape index (κ3) is 4.78. The summed E-state index contributed by atoms with van der Waals surface area (Å²) < 4.78 is 5.30. The fourth-order valence-corrected chi connectivity index (χ4v) is 1.89. The van der Waals surface area contributed by atoms with Crippen molar-refractivity contribution in [1.82, 2.24) is 4.90 Å². The van der Waals surface area contributed by atoms with E-state index in [4.69, 9.17) is 4.74 Å². The van der Waals surface area contributed by atoms with E-state index < -0.39 is 17.7 Å². The van der Waals surface area contributed by atoms with Gasteiger partial charge in [0.15, 0.2) is 0 Å². The van der Waals surface area contributed by atoms with Crippen molar-refractivity contribution in [3.05, 3.63) is 35.4 Å². The molecule has 0 aliphatic carbocycles. The zero-order valence-electron chi connectivity index (χ0n) is 13.7. The summed E-state index contributed by atoms with van der Waals surface area (Å²) in [6.07, 6.45) is -0.498. The van der Waals surface area contributed by atoms with E-state index in [0.717, 1.165) is 5.56 Å². The van der Waals surface area contributed by atoms with Crippen molar-refractivity contribution in [3.63, 3.8) is 0 Å². The van der Waals surface area contributed by atoms with Gasteiger partial charge in [-0.25, -0.2) is 4.79 Å². The summed E-state index contributed by atoms with van der Waals surface area (Å²) in [4.78, 5) is 13.4. The average molecular weight is 288 g/mol. The fourth-order valence-electron chi connectivity index (χ4n) is 1.89. The smallest absolute Gasteiger partial charge is 0.411 e. The summed E-state index contributed by atoms with van der Waals surface area (Å²) in [5.74, 6) is 0.433. The Morgan fingerprint density at radius 3 is 2.05 bits per heavy atom. The zero-order chi connectivity index (χ0) is 16.2. The normalized spacial score (nSPS) is 12.7. The van der Waals surface area contributed by atoms with Crippen LogP contribution in [-0.2, 0) is 4.74 Å². The van der Waals surface area contributed by atoms with E-state index in [1.54, 1.807) is 27.8 Å². The standard InChI is InChI=1S/C17H24N2O2/c1-12(2)13-7-9-14(10-8-13)15(11-18)19(6)16(20)21-17(3,4)5/h7-10,12,15H,1-6H3. The first kappa shape index (κ1) is 17.0. The van der Waals surface area contributed by atoms with Crippen LogP contribution in [0.3, 0.4) is 0 Å². The molecule has 0 saturated carbocycles. The van der Waals surface area contributed by atoms with Crippen LogP contribution in [0.4, 0.5) is 4.79 Å². The molecule has 4 nitrogen and oxygen atoms in total. The fraction of sp³-hybridized carbons (Fsp3) is 0.529. The van der Waals surface area contributed by atoms with Crippen LogP contribution >= 0.6 is 0 Å². The second kappa shape index (κ2) is 6.62. The molecule has 0 fully saturated rings. The lowest BCUT2D eigenvalue weighted by molar-refractivity contribution is 0.0258. The molecule has 0 aromatic heterocycles. The minimum Gasteiger partial charge on any atom is -0.444 e. The second-order valence-electron chi connectivity index (χ2n) is 6.44. The van der Waals surface area contributed by atoms with E-state index in [9.17, 15) is 10.1 Å². The van der Waals surface area contributed by atoms with E-state index in [-0.39, 0.29) is 0 Å². The van der Waals surface area contributed by atoms with Crippen molar-refractivity contribution < 1.29 is 9.53 Å². The van der Waals surface area contributed by atoms with E-state index >= 15 is 0 Å². The first-order chi connectivity index (χ1) is 9.65. The molecule has 114 valence electrons. The lowest BCUT2D eigenvalue weighted by atomic mass is 9.99. The molecule has 0 N–H and O–H groups in total. The number of carbonyl (C=O) groups is 1. The quantitative estimate of drug-likeness (QED) is 0.835. The predicted molar refractivity (Wildman–Crippen MR) is 82.9 cm³/mol. The van der Waals surface area contributed by atoms with Gasteiger partial charge in [0.25, 0.3) is 0 Å². The molecule has 0 aliphatic rings. The van der Waals surface area contributed by atoms with E-state index in [1.165, 1.54) is 10.5 Å². The van der Waals surface area contributed by atoms with Gasteiger partial charge in [0, 0.05) is 7.05 Å². The van der Waals surface area contributed by atoms with Crippen molar-refractivity contribution in [2.45, 2.75) is 52.2 Å². The molecule has 21 heavy (non-hydrogen) atoms. The van der Waals surface area contributed by atoms with Gasteiger partial charge in [0.05, 0.1) is 6.07 Å². The number of nitrogens with zero attached hydrogens (tertiary/aromatic N) is 2. The van der Waals surface area contributed by atoms with Crippen molar-refractivity contribution in [2.75, 3.05) is 7.05 Å². The number of rotatable bonds is 3. The van der Waals surface area contributed by atoms with Crippen molar-refractivity contribution in [3.8, 4) is 6.07 Å². The van der Waals surface area contributed by atoms with Gasteiger partial charge in [-0.05, 0) is 37.8 Å². The monoisotopic (exact) mass is 288 g/mol. The molecule has 1 atom stereocenters. The van der Waals surface area contributed by atoms with Crippen LogP contribution in [-0.4, -0.2) is 23.6 Å². The van der Waals surface area contributed by atoms with Gasteiger partial charge in [-0.3, -0.25) is 4.90 Å². The van der Waals surface area contributed by atoms with Crippen LogP contribution in [0.1, 0.15) is 57.7 Å². The van der Waals surface area contributed by atoms with Gasteiger partial charge in [-0.15, -0.1) is 0 Å². The third-order valence-electron chi connectivity index (χ3n) is 3.11. The lowest BCUT2D eigenvalue weighted by Gasteiger charge is -2.27. The molecular weight excluding hydrogens is 264 g/mol. The highest BCUT2D eigenvalue weighted by Gasteiger charge is 2.26. The molecule has 1 aromatic rings. The van der Waals surface area contributed by atoms with Crippen molar-refractivity contribution in [1.29, 1.82) is 5.26 Å². The lowest BCUT2D eigenvalue weighted by Crippen LogP contribution is -2.36. The summed E-state index contributed by atoms with van der Waals surface area (Å²) >= 11 is 0. The molecule has 0 aliphatic heterocycles. The first-order valence-corrected chi connectivity index (χ1v) is 7.11. The van der Waals surface area contributed by atoms with Gasteiger partial charge in [-0.2, -0.15) is 5.26 Å². The van der Waals surface area contributed by atoms with E-state index in [2.05, 4.69) is 19.9 Å². The SMILES string of the molecule is CC(C)c1ccc(C(C#N)N(C)C(=O)OC(C)(C)C)cc1. The second-order valence-corrected chi connectivity index (χ2v) is 6.44. The maximum absolute atomic E-state index is 12.1. The third-order valence-corrected chi connectivity index (χ3v) is 3.11. The molecule has 0 bridgehead atoms. The average Bonchev–Trinajstić information content (AvgIpc) is 2.38. The highest BCUT2D eigenvalue weighted by molar-refractivity contribution is 5.69. The molecule has 0 spiro atoms. The molecule has 1 rings (SSSR count). The molecule has 1 aromatic carbocycles. The highest BCUT2D eigenvalue weighted by atomic mass is 16.6. The molecule has 1 amide bonds. The highest BCUT2D eigenvalue weighted by Crippen LogP contribution is 2.23. The Bertz CT molecular complexity index is 521. The maximum atomic E-state index is 12.1. The van der Waals surface area contributed by atoms with Crippen LogP contribution in [0.15, 0.2) is 24.3 Å². The van der Waals surface area contributed by atoms with Gasteiger partial charge in [0.1, 0.15) is 11.6 Å². The molecule has 4 heteroatoms. The Morgan fingerprint density at radius 1 is 1.19 bits per heavy atom. The summed E-state index contributed by atoms with van der Waals surface area (Å²) in [7, 11) is 1.58. The van der Waals surface area contributed by atoms with Gasteiger partial charge in [0.2, 0.25) is 0 Å². The number of benzene rings is 1. The van der Waals surface area contributed by atoms with Gasteiger partial charge < -0.3 is 4.74 Å². The summed E-state index contributed by atoms with van der Waals surface area (Å²) in [6, 6.07) is 9.28. The Kier molecular flexibility index (Phi) is 5.37. The largest absolute Gasteiger partial charge is 0.444 e. The molecule has 1 unspecified atom stereocenters. The number of hydrogen-bond donors (Lipinski definition) is 0. The van der Waals surface area contributed by atoms with E-state index in [1.807, 2.05) is 24.3 Å². The zero-order valence-corrected chi connectivity index (χ0v) is 13.7.